The van der Waals surface area contributed by atoms with Crippen LogP contribution in [0.25, 0.3) is 5.65 Å². The molecular weight excluding hydrogens is 290 g/mol. The van der Waals surface area contributed by atoms with Gasteiger partial charge in [0.1, 0.15) is 17.2 Å². The van der Waals surface area contributed by atoms with Crippen LogP contribution in [-0.2, 0) is 0 Å². The fraction of sp³-hybridized carbons (Fsp3) is 0.353. The summed E-state index contributed by atoms with van der Waals surface area (Å²) in [4.78, 5) is 0. The molecule has 1 aliphatic heterocycles. The number of benzene rings is 1. The Morgan fingerprint density at radius 3 is 2.87 bits per heavy atom. The maximum Gasteiger partial charge on any atom is 0.178 e. The van der Waals surface area contributed by atoms with Gasteiger partial charge in [0, 0.05) is 12.0 Å². The molecule has 6 heteroatoms. The van der Waals surface area contributed by atoms with Gasteiger partial charge in [0.25, 0.3) is 0 Å². The molecule has 1 aromatic carbocycles. The number of fused-ring (bicyclic) bond motifs is 2. The molecule has 0 amide bonds. The lowest BCUT2D eigenvalue weighted by Gasteiger charge is -2.38. The normalized spacial score (nSPS) is 19.2. The molecule has 118 valence electrons. The molecule has 4 rings (SSSR count). The topological polar surface area (TPSA) is 64.3 Å². The SMILES string of the molecule is Cc1nnc2ccc(NC3CC(C)(C)Oc4ccccc43)nn12. The highest BCUT2D eigenvalue weighted by Gasteiger charge is 2.33. The van der Waals surface area contributed by atoms with Crippen molar-refractivity contribution in [3.8, 4) is 5.75 Å². The van der Waals surface area contributed by atoms with Crippen LogP contribution < -0.4 is 10.1 Å². The van der Waals surface area contributed by atoms with Gasteiger partial charge in [0.2, 0.25) is 0 Å². The number of para-hydroxylation sites is 1. The van der Waals surface area contributed by atoms with E-state index >= 15 is 0 Å². The summed E-state index contributed by atoms with van der Waals surface area (Å²) in [6, 6.07) is 12.2. The van der Waals surface area contributed by atoms with E-state index in [1.165, 1.54) is 0 Å². The standard InChI is InChI=1S/C17H19N5O/c1-11-19-20-16-9-8-15(21-22(11)16)18-13-10-17(2,3)23-14-7-5-4-6-12(13)14/h4-9,13H,10H2,1-3H3,(H,18,21). The van der Waals surface area contributed by atoms with Gasteiger partial charge in [-0.15, -0.1) is 15.3 Å². The summed E-state index contributed by atoms with van der Waals surface area (Å²) in [5.74, 6) is 2.51. The van der Waals surface area contributed by atoms with Gasteiger partial charge in [-0.25, -0.2) is 0 Å². The molecule has 0 spiro atoms. The highest BCUT2D eigenvalue weighted by Crippen LogP contribution is 2.40. The zero-order valence-electron chi connectivity index (χ0n) is 13.4. The fourth-order valence-electron chi connectivity index (χ4n) is 3.08. The maximum absolute atomic E-state index is 6.08. The number of nitrogens with one attached hydrogen (secondary N) is 1. The van der Waals surface area contributed by atoms with Gasteiger partial charge >= 0.3 is 0 Å². The first-order valence-electron chi connectivity index (χ1n) is 7.75. The van der Waals surface area contributed by atoms with E-state index in [-0.39, 0.29) is 11.6 Å². The summed E-state index contributed by atoms with van der Waals surface area (Å²) < 4.78 is 7.83. The van der Waals surface area contributed by atoms with E-state index in [0.29, 0.717) is 0 Å². The van der Waals surface area contributed by atoms with Crippen LogP contribution in [0.3, 0.4) is 0 Å². The quantitative estimate of drug-likeness (QED) is 0.788. The highest BCUT2D eigenvalue weighted by molar-refractivity contribution is 5.48. The number of hydrogen-bond donors (Lipinski definition) is 1. The molecule has 1 aliphatic rings. The number of nitrogens with zero attached hydrogens (tertiary/aromatic N) is 4. The molecule has 3 aromatic rings. The lowest BCUT2D eigenvalue weighted by atomic mass is 9.90. The fourth-order valence-corrected chi connectivity index (χ4v) is 3.08. The minimum atomic E-state index is -0.220. The molecule has 0 radical (unpaired) electrons. The zero-order chi connectivity index (χ0) is 16.0. The molecule has 1 N–H and O–H groups in total. The number of aromatic nitrogens is 4. The average molecular weight is 309 g/mol. The zero-order valence-corrected chi connectivity index (χ0v) is 13.4. The van der Waals surface area contributed by atoms with Crippen molar-refractivity contribution >= 4 is 11.5 Å². The molecule has 2 aromatic heterocycles. The van der Waals surface area contributed by atoms with Crippen LogP contribution in [0, 0.1) is 6.92 Å². The van der Waals surface area contributed by atoms with Crippen molar-refractivity contribution < 1.29 is 4.74 Å². The Balaban J connectivity index is 1.70. The van der Waals surface area contributed by atoms with Crippen molar-refractivity contribution in [1.29, 1.82) is 0 Å². The number of ether oxygens (including phenoxy) is 1. The molecule has 0 fully saturated rings. The number of aryl methyl sites for hydroxylation is 1. The van der Waals surface area contributed by atoms with Crippen molar-refractivity contribution in [3.05, 3.63) is 47.8 Å². The molecule has 0 saturated heterocycles. The van der Waals surface area contributed by atoms with Crippen molar-refractivity contribution in [1.82, 2.24) is 19.8 Å². The van der Waals surface area contributed by atoms with E-state index in [1.807, 2.05) is 37.3 Å². The largest absolute Gasteiger partial charge is 0.487 e. The van der Waals surface area contributed by atoms with Crippen molar-refractivity contribution in [3.63, 3.8) is 0 Å². The Hall–Kier alpha value is -2.63. The molecule has 1 atom stereocenters. The average Bonchev–Trinajstić information content (AvgIpc) is 2.87. The van der Waals surface area contributed by atoms with E-state index < -0.39 is 0 Å². The van der Waals surface area contributed by atoms with Crippen LogP contribution in [0.4, 0.5) is 5.82 Å². The Bertz CT molecular complexity index is 870. The molecule has 0 bridgehead atoms. The lowest BCUT2D eigenvalue weighted by molar-refractivity contribution is 0.0758. The van der Waals surface area contributed by atoms with Crippen LogP contribution in [0.1, 0.15) is 37.7 Å². The van der Waals surface area contributed by atoms with Crippen LogP contribution in [0.2, 0.25) is 0 Å². The van der Waals surface area contributed by atoms with Gasteiger partial charge in [-0.2, -0.15) is 4.52 Å². The lowest BCUT2D eigenvalue weighted by Crippen LogP contribution is -2.37. The van der Waals surface area contributed by atoms with Crippen molar-refractivity contribution in [2.45, 2.75) is 38.8 Å². The molecule has 6 nitrogen and oxygen atoms in total. The predicted molar refractivity (Wildman–Crippen MR) is 87.6 cm³/mol. The van der Waals surface area contributed by atoms with Gasteiger partial charge in [0.15, 0.2) is 11.5 Å². The minimum Gasteiger partial charge on any atom is -0.487 e. The second-order valence-corrected chi connectivity index (χ2v) is 6.54. The Morgan fingerprint density at radius 1 is 1.17 bits per heavy atom. The van der Waals surface area contributed by atoms with Crippen LogP contribution >= 0.6 is 0 Å². The number of rotatable bonds is 2. The highest BCUT2D eigenvalue weighted by atomic mass is 16.5. The molecule has 0 aliphatic carbocycles. The van der Waals surface area contributed by atoms with Gasteiger partial charge in [-0.3, -0.25) is 0 Å². The van der Waals surface area contributed by atoms with Crippen LogP contribution in [0.5, 0.6) is 5.75 Å². The maximum atomic E-state index is 6.08. The first-order valence-corrected chi connectivity index (χ1v) is 7.75. The summed E-state index contributed by atoms with van der Waals surface area (Å²) in [6.07, 6.45) is 0.866. The van der Waals surface area contributed by atoms with Crippen LogP contribution in [-0.4, -0.2) is 25.4 Å². The number of anilines is 1. The molecule has 3 heterocycles. The van der Waals surface area contributed by atoms with E-state index in [4.69, 9.17) is 4.74 Å². The smallest absolute Gasteiger partial charge is 0.178 e. The number of hydrogen-bond acceptors (Lipinski definition) is 5. The summed E-state index contributed by atoms with van der Waals surface area (Å²) in [5, 5.41) is 16.2. The van der Waals surface area contributed by atoms with Crippen molar-refractivity contribution in [2.24, 2.45) is 0 Å². The van der Waals surface area contributed by atoms with E-state index in [1.54, 1.807) is 4.52 Å². The van der Waals surface area contributed by atoms with Crippen LogP contribution in [0.15, 0.2) is 36.4 Å². The second-order valence-electron chi connectivity index (χ2n) is 6.54. The van der Waals surface area contributed by atoms with Crippen molar-refractivity contribution in [2.75, 3.05) is 5.32 Å². The third-order valence-electron chi connectivity index (χ3n) is 4.12. The summed E-state index contributed by atoms with van der Waals surface area (Å²) in [5.41, 5.74) is 1.69. The van der Waals surface area contributed by atoms with Gasteiger partial charge < -0.3 is 10.1 Å². The molecular formula is C17H19N5O. The molecule has 1 unspecified atom stereocenters. The van der Waals surface area contributed by atoms with E-state index in [2.05, 4.69) is 40.5 Å². The Kier molecular flexibility index (Phi) is 3.01. The third-order valence-corrected chi connectivity index (χ3v) is 4.12. The van der Waals surface area contributed by atoms with Gasteiger partial charge in [-0.05, 0) is 39.0 Å². The minimum absolute atomic E-state index is 0.150. The Morgan fingerprint density at radius 2 is 2.00 bits per heavy atom. The summed E-state index contributed by atoms with van der Waals surface area (Å²) in [6.45, 7) is 6.11. The van der Waals surface area contributed by atoms with E-state index in [0.717, 1.165) is 35.0 Å². The third kappa shape index (κ3) is 2.50. The first-order chi connectivity index (χ1) is 11.0. The molecule has 0 saturated carbocycles. The summed E-state index contributed by atoms with van der Waals surface area (Å²) >= 11 is 0. The van der Waals surface area contributed by atoms with Gasteiger partial charge in [-0.1, -0.05) is 18.2 Å². The van der Waals surface area contributed by atoms with E-state index in [9.17, 15) is 0 Å². The molecule has 23 heavy (non-hydrogen) atoms. The Labute approximate surface area is 134 Å². The first kappa shape index (κ1) is 14.0. The van der Waals surface area contributed by atoms with Gasteiger partial charge in [0.05, 0.1) is 6.04 Å². The summed E-state index contributed by atoms with van der Waals surface area (Å²) in [7, 11) is 0. The monoisotopic (exact) mass is 309 g/mol. The second kappa shape index (κ2) is 4.94. The predicted octanol–water partition coefficient (Wildman–Crippen LogP) is 3.15.